The van der Waals surface area contributed by atoms with Gasteiger partial charge in [0.25, 0.3) is 0 Å². The highest BCUT2D eigenvalue weighted by Crippen LogP contribution is 2.24. The zero-order valence-corrected chi connectivity index (χ0v) is 14.2. The van der Waals surface area contributed by atoms with E-state index in [1.54, 1.807) is 12.4 Å². The minimum atomic E-state index is -0.0954. The molecule has 0 bridgehead atoms. The van der Waals surface area contributed by atoms with E-state index in [9.17, 15) is 4.79 Å². The van der Waals surface area contributed by atoms with Crippen LogP contribution in [0.1, 0.15) is 18.6 Å². The van der Waals surface area contributed by atoms with Crippen LogP contribution in [0.3, 0.4) is 0 Å². The molecule has 0 aliphatic carbocycles. The van der Waals surface area contributed by atoms with Gasteiger partial charge in [0.05, 0.1) is 18.3 Å². The Hall–Kier alpha value is -3.54. The second-order valence-electron chi connectivity index (χ2n) is 6.10. The number of pyridine rings is 2. The van der Waals surface area contributed by atoms with Gasteiger partial charge < -0.3 is 5.32 Å². The Labute approximate surface area is 157 Å². The van der Waals surface area contributed by atoms with E-state index in [1.807, 2.05) is 55.5 Å². The van der Waals surface area contributed by atoms with Crippen molar-refractivity contribution in [1.82, 2.24) is 20.2 Å². The van der Waals surface area contributed by atoms with Crippen molar-refractivity contribution in [2.75, 3.05) is 5.32 Å². The second kappa shape index (κ2) is 7.78. The molecular weight excluding hydrogens is 338 g/mol. The van der Waals surface area contributed by atoms with Crippen LogP contribution in [-0.4, -0.2) is 26.1 Å². The maximum atomic E-state index is 12.3. The summed E-state index contributed by atoms with van der Waals surface area (Å²) in [5.74, 6) is 0.431. The van der Waals surface area contributed by atoms with Gasteiger partial charge in [-0.25, -0.2) is 9.97 Å². The van der Waals surface area contributed by atoms with E-state index in [0.717, 1.165) is 33.4 Å². The first kappa shape index (κ1) is 18.3. The Balaban J connectivity index is 0.00000210. The van der Waals surface area contributed by atoms with Gasteiger partial charge in [0.2, 0.25) is 5.91 Å². The van der Waals surface area contributed by atoms with Crippen molar-refractivity contribution in [3.63, 3.8) is 0 Å². The number of H-pyrrole nitrogens is 1. The summed E-state index contributed by atoms with van der Waals surface area (Å²) in [4.78, 5) is 21.3. The molecule has 0 aliphatic heterocycles. The first-order valence-corrected chi connectivity index (χ1v) is 8.30. The van der Waals surface area contributed by atoms with Gasteiger partial charge in [-0.3, -0.25) is 9.89 Å². The van der Waals surface area contributed by atoms with E-state index in [2.05, 4.69) is 25.5 Å². The molecule has 3 aromatic heterocycles. The summed E-state index contributed by atoms with van der Waals surface area (Å²) < 4.78 is 0. The van der Waals surface area contributed by atoms with Crippen molar-refractivity contribution >= 4 is 22.8 Å². The standard InChI is InChI=1S/C20H17N5O.CH4/c1-13-7-8-17(23-18(26)9-14-5-3-2-4-6-14)24-19(13)15-10-16-12-22-25-20(16)21-11-15;/h2-8,10-12H,9H2,1H3,(H,21,22,25)(H,23,24,26);1H4. The number of aryl methyl sites for hydroxylation is 1. The van der Waals surface area contributed by atoms with Gasteiger partial charge in [0.15, 0.2) is 5.65 Å². The number of rotatable bonds is 4. The number of benzene rings is 1. The first-order chi connectivity index (χ1) is 12.7. The molecule has 1 amide bonds. The molecule has 0 spiro atoms. The molecule has 4 rings (SSSR count). The number of carbonyl (C=O) groups excluding carboxylic acids is 1. The zero-order valence-electron chi connectivity index (χ0n) is 14.2. The number of nitrogens with zero attached hydrogens (tertiary/aromatic N) is 3. The number of anilines is 1. The highest BCUT2D eigenvalue weighted by Gasteiger charge is 2.10. The quantitative estimate of drug-likeness (QED) is 0.573. The molecule has 0 radical (unpaired) electrons. The fourth-order valence-electron chi connectivity index (χ4n) is 2.82. The van der Waals surface area contributed by atoms with E-state index in [1.165, 1.54) is 0 Å². The average molecular weight is 359 g/mol. The number of aromatic amines is 1. The highest BCUT2D eigenvalue weighted by atomic mass is 16.1. The molecule has 0 atom stereocenters. The van der Waals surface area contributed by atoms with Crippen molar-refractivity contribution in [2.45, 2.75) is 20.8 Å². The van der Waals surface area contributed by atoms with Crippen LogP contribution in [0.5, 0.6) is 0 Å². The number of nitrogens with one attached hydrogen (secondary N) is 2. The zero-order chi connectivity index (χ0) is 17.9. The number of amides is 1. The van der Waals surface area contributed by atoms with E-state index < -0.39 is 0 Å². The van der Waals surface area contributed by atoms with Crippen molar-refractivity contribution in [2.24, 2.45) is 0 Å². The Kier molecular flexibility index (Phi) is 5.26. The first-order valence-electron chi connectivity index (χ1n) is 8.30. The van der Waals surface area contributed by atoms with Gasteiger partial charge in [-0.2, -0.15) is 5.10 Å². The molecule has 2 N–H and O–H groups in total. The van der Waals surface area contributed by atoms with Gasteiger partial charge in [0, 0.05) is 17.1 Å². The second-order valence-corrected chi connectivity index (χ2v) is 6.10. The minimum Gasteiger partial charge on any atom is -0.310 e. The Morgan fingerprint density at radius 2 is 1.93 bits per heavy atom. The smallest absolute Gasteiger partial charge is 0.229 e. The van der Waals surface area contributed by atoms with E-state index in [0.29, 0.717) is 12.2 Å². The lowest BCUT2D eigenvalue weighted by Gasteiger charge is -2.09. The van der Waals surface area contributed by atoms with Crippen LogP contribution in [0.4, 0.5) is 5.82 Å². The van der Waals surface area contributed by atoms with Crippen molar-refractivity contribution < 1.29 is 4.79 Å². The number of aromatic nitrogens is 4. The summed E-state index contributed by atoms with van der Waals surface area (Å²) in [5, 5.41) is 10.6. The Bertz CT molecular complexity index is 1070. The van der Waals surface area contributed by atoms with E-state index in [-0.39, 0.29) is 13.3 Å². The van der Waals surface area contributed by atoms with Crippen LogP contribution >= 0.6 is 0 Å². The predicted octanol–water partition coefficient (Wildman–Crippen LogP) is 4.15. The van der Waals surface area contributed by atoms with Crippen molar-refractivity contribution in [1.29, 1.82) is 0 Å². The fraction of sp³-hybridized carbons (Fsp3) is 0.143. The average Bonchev–Trinajstić information content (AvgIpc) is 3.12. The minimum absolute atomic E-state index is 0. The van der Waals surface area contributed by atoms with Gasteiger partial charge in [-0.1, -0.05) is 43.8 Å². The van der Waals surface area contributed by atoms with Crippen molar-refractivity contribution in [3.05, 3.63) is 72.1 Å². The number of carbonyl (C=O) groups is 1. The maximum absolute atomic E-state index is 12.3. The molecule has 136 valence electrons. The number of fused-ring (bicyclic) bond motifs is 1. The fourth-order valence-corrected chi connectivity index (χ4v) is 2.82. The molecule has 27 heavy (non-hydrogen) atoms. The molecule has 6 heteroatoms. The lowest BCUT2D eigenvalue weighted by molar-refractivity contribution is -0.115. The molecule has 3 heterocycles. The SMILES string of the molecule is C.Cc1ccc(NC(=O)Cc2ccccc2)nc1-c1cnc2[nH]ncc2c1. The molecule has 0 saturated heterocycles. The van der Waals surface area contributed by atoms with E-state index >= 15 is 0 Å². The summed E-state index contributed by atoms with van der Waals surface area (Å²) in [5.41, 5.74) is 4.38. The monoisotopic (exact) mass is 359 g/mol. The third-order valence-corrected chi connectivity index (χ3v) is 4.14. The summed E-state index contributed by atoms with van der Waals surface area (Å²) in [6.07, 6.45) is 3.80. The largest absolute Gasteiger partial charge is 0.310 e. The van der Waals surface area contributed by atoms with Gasteiger partial charge in [-0.05, 0) is 30.2 Å². The Morgan fingerprint density at radius 3 is 2.74 bits per heavy atom. The summed E-state index contributed by atoms with van der Waals surface area (Å²) in [6, 6.07) is 15.4. The van der Waals surface area contributed by atoms with E-state index in [4.69, 9.17) is 0 Å². The van der Waals surface area contributed by atoms with Crippen LogP contribution in [0.15, 0.2) is 60.9 Å². The van der Waals surface area contributed by atoms with Gasteiger partial charge >= 0.3 is 0 Å². The molecular formula is C21H21N5O. The van der Waals surface area contributed by atoms with Crippen LogP contribution in [-0.2, 0) is 11.2 Å². The molecule has 6 nitrogen and oxygen atoms in total. The van der Waals surface area contributed by atoms with Gasteiger partial charge in [0.1, 0.15) is 5.82 Å². The third kappa shape index (κ3) is 4.00. The molecule has 1 aromatic carbocycles. The molecule has 4 aromatic rings. The Morgan fingerprint density at radius 1 is 1.11 bits per heavy atom. The van der Waals surface area contributed by atoms with Crippen molar-refractivity contribution in [3.8, 4) is 11.3 Å². The summed E-state index contributed by atoms with van der Waals surface area (Å²) in [7, 11) is 0. The molecule has 0 saturated carbocycles. The number of hydrogen-bond donors (Lipinski definition) is 2. The third-order valence-electron chi connectivity index (χ3n) is 4.14. The molecule has 0 unspecified atom stereocenters. The highest BCUT2D eigenvalue weighted by molar-refractivity contribution is 5.91. The normalized spacial score (nSPS) is 10.4. The van der Waals surface area contributed by atoms with Crippen LogP contribution in [0.25, 0.3) is 22.3 Å². The topological polar surface area (TPSA) is 83.6 Å². The number of hydrogen-bond acceptors (Lipinski definition) is 4. The summed E-state index contributed by atoms with van der Waals surface area (Å²) in [6.45, 7) is 1.98. The maximum Gasteiger partial charge on any atom is 0.229 e. The lowest BCUT2D eigenvalue weighted by atomic mass is 10.1. The lowest BCUT2D eigenvalue weighted by Crippen LogP contribution is -2.15. The summed E-state index contributed by atoms with van der Waals surface area (Å²) >= 11 is 0. The molecule has 0 fully saturated rings. The molecule has 0 aliphatic rings. The van der Waals surface area contributed by atoms with Crippen LogP contribution in [0, 0.1) is 6.92 Å². The van der Waals surface area contributed by atoms with Crippen LogP contribution < -0.4 is 5.32 Å². The predicted molar refractivity (Wildman–Crippen MR) is 107 cm³/mol. The van der Waals surface area contributed by atoms with Crippen LogP contribution in [0.2, 0.25) is 0 Å². The van der Waals surface area contributed by atoms with Gasteiger partial charge in [-0.15, -0.1) is 0 Å².